The highest BCUT2D eigenvalue weighted by atomic mass is 16.5. The molecule has 1 aliphatic heterocycles. The number of carbonyl (C=O) groups is 2. The summed E-state index contributed by atoms with van der Waals surface area (Å²) in [4.78, 5) is 33.8. The van der Waals surface area contributed by atoms with Crippen molar-refractivity contribution in [1.82, 2.24) is 19.9 Å². The van der Waals surface area contributed by atoms with Crippen LogP contribution < -0.4 is 5.32 Å². The van der Waals surface area contributed by atoms with E-state index < -0.39 is 0 Å². The summed E-state index contributed by atoms with van der Waals surface area (Å²) in [5.74, 6) is 0.776. The molecule has 0 bridgehead atoms. The fraction of sp³-hybridized carbons (Fsp3) is 0.375. The number of H-pyrrole nitrogens is 1. The zero-order valence-corrected chi connectivity index (χ0v) is 13.7. The predicted molar refractivity (Wildman–Crippen MR) is 90.4 cm³/mol. The van der Waals surface area contributed by atoms with E-state index in [1.54, 1.807) is 23.6 Å². The average molecular weight is 347 g/mol. The van der Waals surface area contributed by atoms with Crippen molar-refractivity contribution in [3.63, 3.8) is 0 Å². The number of anilines is 1. The Labute approximate surface area is 145 Å². The number of nitrogens with one attached hydrogen (secondary N) is 2. The zero-order chi connectivity index (χ0) is 17.9. The Hall–Kier alpha value is -2.94. The molecule has 1 aliphatic rings. The van der Waals surface area contributed by atoms with Crippen molar-refractivity contribution in [2.45, 2.75) is 6.42 Å². The van der Waals surface area contributed by atoms with Crippen molar-refractivity contribution in [3.05, 3.63) is 42.1 Å². The molecular weight excluding hydrogens is 326 g/mol. The fourth-order valence-electron chi connectivity index (χ4n) is 2.32. The van der Waals surface area contributed by atoms with Gasteiger partial charge in [0.25, 0.3) is 12.4 Å². The van der Waals surface area contributed by atoms with Crippen LogP contribution in [0.15, 0.2) is 30.9 Å². The van der Waals surface area contributed by atoms with Crippen molar-refractivity contribution < 1.29 is 19.4 Å². The first-order valence-electron chi connectivity index (χ1n) is 7.86. The Morgan fingerprint density at radius 2 is 2.12 bits per heavy atom. The second-order valence-electron chi connectivity index (χ2n) is 5.20. The lowest BCUT2D eigenvalue weighted by atomic mass is 10.2. The number of hydrogen-bond acceptors (Lipinski definition) is 6. The van der Waals surface area contributed by atoms with Gasteiger partial charge in [-0.15, -0.1) is 0 Å². The van der Waals surface area contributed by atoms with E-state index in [2.05, 4.69) is 20.3 Å². The lowest BCUT2D eigenvalue weighted by Crippen LogP contribution is -2.40. The molecule has 0 spiro atoms. The van der Waals surface area contributed by atoms with Crippen LogP contribution in [0.3, 0.4) is 0 Å². The first-order valence-corrected chi connectivity index (χ1v) is 7.86. The summed E-state index contributed by atoms with van der Waals surface area (Å²) in [5, 5.41) is 10.1. The molecule has 0 unspecified atom stereocenters. The zero-order valence-electron chi connectivity index (χ0n) is 13.7. The maximum Gasteiger partial charge on any atom is 0.290 e. The molecule has 25 heavy (non-hydrogen) atoms. The van der Waals surface area contributed by atoms with Crippen LogP contribution in [0, 0.1) is 0 Å². The number of aromatic amines is 1. The van der Waals surface area contributed by atoms with Crippen LogP contribution in [-0.2, 0) is 16.0 Å². The van der Waals surface area contributed by atoms with Crippen molar-refractivity contribution in [2.75, 3.05) is 38.2 Å². The lowest BCUT2D eigenvalue weighted by molar-refractivity contribution is -0.122. The molecule has 0 aliphatic carbocycles. The van der Waals surface area contributed by atoms with E-state index in [1.807, 2.05) is 12.1 Å². The van der Waals surface area contributed by atoms with Gasteiger partial charge < -0.3 is 25.0 Å². The van der Waals surface area contributed by atoms with E-state index in [9.17, 15) is 4.79 Å². The Bertz CT molecular complexity index is 639. The van der Waals surface area contributed by atoms with Gasteiger partial charge in [-0.05, 0) is 12.1 Å². The van der Waals surface area contributed by atoms with Gasteiger partial charge in [0.05, 0.1) is 25.1 Å². The van der Waals surface area contributed by atoms with Crippen molar-refractivity contribution in [3.8, 4) is 0 Å². The number of nitrogens with zero attached hydrogens (tertiary/aromatic N) is 3. The minimum atomic E-state index is -0.250. The average Bonchev–Trinajstić information content (AvgIpc) is 3.17. The molecule has 1 saturated heterocycles. The second-order valence-corrected chi connectivity index (χ2v) is 5.20. The number of carbonyl (C=O) groups excluding carboxylic acids is 1. The molecule has 3 heterocycles. The fourth-order valence-corrected chi connectivity index (χ4v) is 2.32. The summed E-state index contributed by atoms with van der Waals surface area (Å²) in [6.07, 6.45) is 5.94. The molecule has 3 rings (SSSR count). The minimum absolute atomic E-state index is 0.0137. The third-order valence-corrected chi connectivity index (χ3v) is 3.56. The summed E-state index contributed by atoms with van der Waals surface area (Å²) in [7, 11) is 0. The number of morpholine rings is 1. The Morgan fingerprint density at radius 3 is 2.72 bits per heavy atom. The Kier molecular flexibility index (Phi) is 7.39. The summed E-state index contributed by atoms with van der Waals surface area (Å²) in [6.45, 7) is 3.00. The Balaban J connectivity index is 0.000000701. The van der Waals surface area contributed by atoms with Gasteiger partial charge >= 0.3 is 0 Å². The summed E-state index contributed by atoms with van der Waals surface area (Å²) < 4.78 is 5.25. The number of imidazole rings is 1. The molecule has 1 amide bonds. The number of ether oxygens (including phenoxy) is 1. The first-order chi connectivity index (χ1) is 12.2. The van der Waals surface area contributed by atoms with Gasteiger partial charge in [0, 0.05) is 44.1 Å². The normalized spacial score (nSPS) is 13.5. The van der Waals surface area contributed by atoms with E-state index in [-0.39, 0.29) is 12.4 Å². The predicted octanol–water partition coefficient (Wildman–Crippen LogP) is 0.633. The number of carboxylic acid groups (broad SMARTS) is 1. The summed E-state index contributed by atoms with van der Waals surface area (Å²) in [5.41, 5.74) is 1.69. The van der Waals surface area contributed by atoms with Gasteiger partial charge in [-0.1, -0.05) is 0 Å². The largest absolute Gasteiger partial charge is 0.483 e. The number of amides is 1. The number of aromatic nitrogens is 3. The highest BCUT2D eigenvalue weighted by molar-refractivity contribution is 5.94. The highest BCUT2D eigenvalue weighted by Crippen LogP contribution is 2.09. The van der Waals surface area contributed by atoms with Crippen LogP contribution in [0.2, 0.25) is 0 Å². The third-order valence-electron chi connectivity index (χ3n) is 3.56. The molecular formula is C16H21N5O4. The molecule has 1 fully saturated rings. The maximum absolute atomic E-state index is 12.3. The molecule has 0 atom stereocenters. The number of hydrogen-bond donors (Lipinski definition) is 3. The molecule has 0 aromatic carbocycles. The van der Waals surface area contributed by atoms with E-state index in [0.29, 0.717) is 31.9 Å². The van der Waals surface area contributed by atoms with Gasteiger partial charge in [0.1, 0.15) is 5.82 Å². The molecule has 9 heteroatoms. The van der Waals surface area contributed by atoms with Gasteiger partial charge in [-0.3, -0.25) is 9.59 Å². The van der Waals surface area contributed by atoms with Gasteiger partial charge in [-0.2, -0.15) is 0 Å². The summed E-state index contributed by atoms with van der Waals surface area (Å²) >= 11 is 0. The highest BCUT2D eigenvalue weighted by Gasteiger charge is 2.18. The SMILES string of the molecule is O=C(c1ccc(NCCc2cnc[nH]2)nc1)N1CCOCC1.O=CO. The lowest BCUT2D eigenvalue weighted by Gasteiger charge is -2.26. The minimum Gasteiger partial charge on any atom is -0.483 e. The summed E-state index contributed by atoms with van der Waals surface area (Å²) in [6, 6.07) is 3.64. The van der Waals surface area contributed by atoms with Crippen molar-refractivity contribution in [1.29, 1.82) is 0 Å². The van der Waals surface area contributed by atoms with Crippen LogP contribution in [0.25, 0.3) is 0 Å². The smallest absolute Gasteiger partial charge is 0.290 e. The van der Waals surface area contributed by atoms with E-state index >= 15 is 0 Å². The van der Waals surface area contributed by atoms with E-state index in [1.165, 1.54) is 0 Å². The van der Waals surface area contributed by atoms with Gasteiger partial charge in [0.15, 0.2) is 0 Å². The van der Waals surface area contributed by atoms with E-state index in [0.717, 1.165) is 24.5 Å². The molecule has 9 nitrogen and oxygen atoms in total. The Morgan fingerprint density at radius 1 is 1.36 bits per heavy atom. The number of rotatable bonds is 5. The van der Waals surface area contributed by atoms with Gasteiger partial charge in [-0.25, -0.2) is 9.97 Å². The quantitative estimate of drug-likeness (QED) is 0.679. The molecule has 2 aromatic heterocycles. The van der Waals surface area contributed by atoms with Crippen LogP contribution >= 0.6 is 0 Å². The molecule has 3 N–H and O–H groups in total. The van der Waals surface area contributed by atoms with Gasteiger partial charge in [0.2, 0.25) is 0 Å². The molecule has 134 valence electrons. The van der Waals surface area contributed by atoms with Crippen molar-refractivity contribution >= 4 is 18.2 Å². The molecule has 0 radical (unpaired) electrons. The second kappa shape index (κ2) is 10.0. The molecule has 2 aromatic rings. The standard InChI is InChI=1S/C15H19N5O2.CH2O2/c21-15(20-5-7-22-8-6-20)12-1-2-14(18-9-12)17-4-3-13-10-16-11-19-13;2-1-3/h1-2,9-11H,3-8H2,(H,16,19)(H,17,18);1H,(H,2,3). The van der Waals surface area contributed by atoms with Crippen molar-refractivity contribution in [2.24, 2.45) is 0 Å². The van der Waals surface area contributed by atoms with Crippen LogP contribution in [0.4, 0.5) is 5.82 Å². The van der Waals surface area contributed by atoms with E-state index in [4.69, 9.17) is 14.6 Å². The van der Waals surface area contributed by atoms with Crippen LogP contribution in [0.5, 0.6) is 0 Å². The molecule has 0 saturated carbocycles. The topological polar surface area (TPSA) is 120 Å². The first kappa shape index (κ1) is 18.4. The monoisotopic (exact) mass is 347 g/mol. The number of pyridine rings is 1. The van der Waals surface area contributed by atoms with Crippen LogP contribution in [0.1, 0.15) is 16.1 Å². The maximum atomic E-state index is 12.3. The van der Waals surface area contributed by atoms with Crippen LogP contribution in [-0.4, -0.2) is 70.2 Å². The third kappa shape index (κ3) is 5.88.